The molecule has 3 N–H and O–H groups in total. The molecule has 5 rings (SSSR count). The van der Waals surface area contributed by atoms with Crippen LogP contribution in [0.15, 0.2) is 54.6 Å². The molecule has 7 atom stereocenters. The molecular formula is C30H37BrN4O5. The molecule has 3 aliphatic rings. The molecule has 214 valence electrons. The third-order valence-electron chi connectivity index (χ3n) is 8.71. The van der Waals surface area contributed by atoms with Crippen molar-refractivity contribution in [3.05, 3.63) is 60.2 Å². The van der Waals surface area contributed by atoms with Crippen LogP contribution in [0.5, 0.6) is 0 Å². The van der Waals surface area contributed by atoms with Crippen molar-refractivity contribution in [3.63, 3.8) is 0 Å². The van der Waals surface area contributed by atoms with E-state index < -0.39 is 41.5 Å². The zero-order valence-corrected chi connectivity index (χ0v) is 24.6. The fourth-order valence-electron chi connectivity index (χ4n) is 6.92. The molecule has 9 nitrogen and oxygen atoms in total. The third-order valence-corrected chi connectivity index (χ3v) is 9.55. The van der Waals surface area contributed by atoms with Gasteiger partial charge in [-0.05, 0) is 56.5 Å². The highest BCUT2D eigenvalue weighted by molar-refractivity contribution is 9.09. The van der Waals surface area contributed by atoms with Gasteiger partial charge in [-0.15, -0.1) is 0 Å². The summed E-state index contributed by atoms with van der Waals surface area (Å²) in [6, 6.07) is 15.5. The number of hydrogen-bond donors (Lipinski definition) is 3. The van der Waals surface area contributed by atoms with Crippen LogP contribution in [0.25, 0.3) is 0 Å². The number of halogens is 1. The first kappa shape index (κ1) is 28.6. The van der Waals surface area contributed by atoms with E-state index in [0.29, 0.717) is 18.5 Å². The van der Waals surface area contributed by atoms with Crippen molar-refractivity contribution < 1.29 is 24.2 Å². The summed E-state index contributed by atoms with van der Waals surface area (Å²) >= 11 is 3.67. The van der Waals surface area contributed by atoms with Crippen molar-refractivity contribution in [2.75, 3.05) is 37.0 Å². The fourth-order valence-corrected chi connectivity index (χ4v) is 7.86. The number of amides is 3. The molecule has 3 amide bonds. The van der Waals surface area contributed by atoms with Gasteiger partial charge in [-0.3, -0.25) is 14.4 Å². The van der Waals surface area contributed by atoms with Crippen molar-refractivity contribution in [1.29, 1.82) is 0 Å². The number of carbonyl (C=O) groups excluding carboxylic acids is 3. The van der Waals surface area contributed by atoms with E-state index in [-0.39, 0.29) is 23.2 Å². The van der Waals surface area contributed by atoms with Crippen molar-refractivity contribution in [2.45, 2.75) is 55.3 Å². The second-order valence-electron chi connectivity index (χ2n) is 10.8. The smallest absolute Gasteiger partial charge is 0.250 e. The number of nitrogens with zero attached hydrogens (tertiary/aromatic N) is 2. The zero-order chi connectivity index (χ0) is 28.6. The molecule has 0 aromatic heterocycles. The Morgan fingerprint density at radius 2 is 1.80 bits per heavy atom. The second-order valence-corrected chi connectivity index (χ2v) is 11.9. The molecule has 3 heterocycles. The van der Waals surface area contributed by atoms with Gasteiger partial charge in [-0.25, -0.2) is 0 Å². The number of aliphatic hydroxyl groups is 1. The Kier molecular flexibility index (Phi) is 8.22. The van der Waals surface area contributed by atoms with Crippen molar-refractivity contribution in [3.8, 4) is 0 Å². The van der Waals surface area contributed by atoms with Crippen LogP contribution in [-0.2, 0) is 25.5 Å². The maximum absolute atomic E-state index is 14.2. The number of benzene rings is 2. The van der Waals surface area contributed by atoms with E-state index in [0.717, 1.165) is 24.3 Å². The van der Waals surface area contributed by atoms with E-state index in [9.17, 15) is 19.5 Å². The SMILES string of the molecule is CCN(CC)c1ccc(NC(=O)C2N([C@@H](CO)Cc3ccccc3)C(=O)[C@@H]3[C@H](C(=O)NC)[C@H]4OC23CC4Br)cc1. The molecular weight excluding hydrogens is 576 g/mol. The summed E-state index contributed by atoms with van der Waals surface area (Å²) in [6.45, 7) is 5.58. The van der Waals surface area contributed by atoms with Gasteiger partial charge in [-0.1, -0.05) is 46.3 Å². The van der Waals surface area contributed by atoms with Crippen LogP contribution >= 0.6 is 15.9 Å². The molecule has 3 fully saturated rings. The number of ether oxygens (including phenoxy) is 1. The van der Waals surface area contributed by atoms with Gasteiger partial charge in [0, 0.05) is 36.3 Å². The van der Waals surface area contributed by atoms with Gasteiger partial charge in [-0.2, -0.15) is 0 Å². The minimum absolute atomic E-state index is 0.191. The number of carbonyl (C=O) groups is 3. The Balaban J connectivity index is 1.51. The fraction of sp³-hybridized carbons (Fsp3) is 0.500. The maximum atomic E-state index is 14.2. The summed E-state index contributed by atoms with van der Waals surface area (Å²) in [5.41, 5.74) is 1.39. The summed E-state index contributed by atoms with van der Waals surface area (Å²) in [4.78, 5) is 44.9. The summed E-state index contributed by atoms with van der Waals surface area (Å²) in [6.07, 6.45) is 0.238. The molecule has 2 aromatic carbocycles. The normalized spacial score (nSPS) is 29.3. The minimum atomic E-state index is -1.19. The molecule has 3 aliphatic heterocycles. The lowest BCUT2D eigenvalue weighted by Crippen LogP contribution is -2.57. The van der Waals surface area contributed by atoms with E-state index in [1.54, 1.807) is 7.05 Å². The van der Waals surface area contributed by atoms with Crippen molar-refractivity contribution >= 4 is 45.0 Å². The molecule has 0 radical (unpaired) electrons. The first-order valence-corrected chi connectivity index (χ1v) is 14.9. The lowest BCUT2D eigenvalue weighted by Gasteiger charge is -2.37. The topological polar surface area (TPSA) is 111 Å². The highest BCUT2D eigenvalue weighted by Crippen LogP contribution is 2.60. The van der Waals surface area contributed by atoms with Crippen LogP contribution < -0.4 is 15.5 Å². The summed E-state index contributed by atoms with van der Waals surface area (Å²) in [5.74, 6) is -2.57. The Bertz CT molecular complexity index is 1240. The van der Waals surface area contributed by atoms with Gasteiger partial charge in [0.05, 0.1) is 30.6 Å². The Morgan fingerprint density at radius 1 is 1.12 bits per heavy atom. The van der Waals surface area contributed by atoms with E-state index in [1.165, 1.54) is 4.90 Å². The molecule has 0 saturated carbocycles. The summed E-state index contributed by atoms with van der Waals surface area (Å²) < 4.78 is 6.51. The maximum Gasteiger partial charge on any atom is 0.250 e. The number of fused-ring (bicyclic) bond motifs is 1. The number of rotatable bonds is 10. The Hall–Kier alpha value is -2.95. The first-order chi connectivity index (χ1) is 19.3. The van der Waals surface area contributed by atoms with E-state index in [2.05, 4.69) is 45.3 Å². The summed E-state index contributed by atoms with van der Waals surface area (Å²) in [7, 11) is 1.54. The van der Waals surface area contributed by atoms with Gasteiger partial charge in [0.1, 0.15) is 11.6 Å². The van der Waals surface area contributed by atoms with Crippen LogP contribution in [-0.4, -0.2) is 83.1 Å². The standard InChI is InChI=1S/C30H37BrN4O5/c1-4-34(5-2)20-13-11-19(12-14-20)33-28(38)26-30-16-22(31)25(40-30)23(27(37)32-3)24(30)29(39)35(26)21(17-36)15-18-9-7-6-8-10-18/h6-14,21-26,36H,4-5,15-17H2,1-3H3,(H,32,37)(H,33,38)/t21-,22?,23+,24+,25+,26?,30?/m1/s1. The van der Waals surface area contributed by atoms with E-state index in [1.807, 2.05) is 54.6 Å². The number of aliphatic hydroxyl groups excluding tert-OH is 1. The lowest BCUT2D eigenvalue weighted by molar-refractivity contribution is -0.143. The average molecular weight is 614 g/mol. The number of likely N-dealkylation sites (tertiary alicyclic amines) is 1. The molecule has 2 bridgehead atoms. The first-order valence-electron chi connectivity index (χ1n) is 14.0. The molecule has 3 unspecified atom stereocenters. The van der Waals surface area contributed by atoms with Gasteiger partial charge in [0.2, 0.25) is 17.7 Å². The van der Waals surface area contributed by atoms with Crippen molar-refractivity contribution in [1.82, 2.24) is 10.2 Å². The van der Waals surface area contributed by atoms with Gasteiger partial charge < -0.3 is 30.3 Å². The van der Waals surface area contributed by atoms with Gasteiger partial charge >= 0.3 is 0 Å². The van der Waals surface area contributed by atoms with Crippen LogP contribution in [0.3, 0.4) is 0 Å². The van der Waals surface area contributed by atoms with Crippen LogP contribution in [0.2, 0.25) is 0 Å². The summed E-state index contributed by atoms with van der Waals surface area (Å²) in [5, 5.41) is 16.2. The quantitative estimate of drug-likeness (QED) is 0.356. The molecule has 1 spiro atoms. The zero-order valence-electron chi connectivity index (χ0n) is 23.0. The average Bonchev–Trinajstić information content (AvgIpc) is 3.56. The molecule has 0 aliphatic carbocycles. The number of hydrogen-bond acceptors (Lipinski definition) is 6. The molecule has 10 heteroatoms. The highest BCUT2D eigenvalue weighted by Gasteiger charge is 2.77. The number of anilines is 2. The lowest BCUT2D eigenvalue weighted by atomic mass is 9.70. The predicted molar refractivity (Wildman–Crippen MR) is 156 cm³/mol. The second kappa shape index (κ2) is 11.5. The number of alkyl halides is 1. The van der Waals surface area contributed by atoms with E-state index >= 15 is 0 Å². The van der Waals surface area contributed by atoms with E-state index in [4.69, 9.17) is 4.74 Å². The largest absolute Gasteiger partial charge is 0.394 e. The Morgan fingerprint density at radius 3 is 2.40 bits per heavy atom. The minimum Gasteiger partial charge on any atom is -0.394 e. The van der Waals surface area contributed by atoms with Crippen LogP contribution in [0.1, 0.15) is 25.8 Å². The van der Waals surface area contributed by atoms with Crippen LogP contribution in [0.4, 0.5) is 11.4 Å². The molecule has 3 saturated heterocycles. The monoisotopic (exact) mass is 612 g/mol. The third kappa shape index (κ3) is 4.69. The van der Waals surface area contributed by atoms with Crippen LogP contribution in [0, 0.1) is 11.8 Å². The Labute approximate surface area is 243 Å². The predicted octanol–water partition coefficient (Wildman–Crippen LogP) is 2.57. The van der Waals surface area contributed by atoms with Gasteiger partial charge in [0.25, 0.3) is 0 Å². The molecule has 2 aromatic rings. The van der Waals surface area contributed by atoms with Gasteiger partial charge in [0.15, 0.2) is 0 Å². The highest BCUT2D eigenvalue weighted by atomic mass is 79.9. The van der Waals surface area contributed by atoms with Crippen molar-refractivity contribution in [2.24, 2.45) is 11.8 Å². The molecule has 40 heavy (non-hydrogen) atoms. The number of nitrogens with one attached hydrogen (secondary N) is 2.